The zero-order valence-electron chi connectivity index (χ0n) is 7.41. The minimum Gasteiger partial charge on any atom is -0.274 e. The molecule has 2 aromatic heterocycles. The molecule has 0 unspecified atom stereocenters. The summed E-state index contributed by atoms with van der Waals surface area (Å²) in [6, 6.07) is 1.60. The Morgan fingerprint density at radius 1 is 1.50 bits per heavy atom. The second-order valence-corrected chi connectivity index (χ2v) is 3.71. The number of hydrogen-bond donors (Lipinski definition) is 0. The van der Waals surface area contributed by atoms with E-state index in [1.807, 2.05) is 0 Å². The highest BCUT2D eigenvalue weighted by atomic mass is 79.9. The third-order valence-electron chi connectivity index (χ3n) is 1.81. The van der Waals surface area contributed by atoms with Crippen molar-refractivity contribution in [1.82, 2.24) is 14.8 Å². The van der Waals surface area contributed by atoms with Gasteiger partial charge in [-0.2, -0.15) is 5.10 Å². The molecule has 0 aliphatic carbocycles. The Morgan fingerprint density at radius 3 is 2.86 bits per heavy atom. The molecule has 0 bridgehead atoms. The number of rotatable bonds is 1. The fourth-order valence-electron chi connectivity index (χ4n) is 1.21. The van der Waals surface area contributed by atoms with Gasteiger partial charge in [-0.1, -0.05) is 0 Å². The lowest BCUT2D eigenvalue weighted by atomic mass is 10.2. The lowest BCUT2D eigenvalue weighted by molar-refractivity contribution is 0.623. The number of hydrogen-bond acceptors (Lipinski definition) is 2. The van der Waals surface area contributed by atoms with Gasteiger partial charge in [0.25, 0.3) is 0 Å². The van der Waals surface area contributed by atoms with Gasteiger partial charge in [-0.25, -0.2) is 4.39 Å². The normalized spacial score (nSPS) is 10.5. The predicted octanol–water partition coefficient (Wildman–Crippen LogP) is 2.38. The Hall–Kier alpha value is -1.23. The van der Waals surface area contributed by atoms with Gasteiger partial charge < -0.3 is 0 Å². The zero-order valence-corrected chi connectivity index (χ0v) is 8.99. The van der Waals surface area contributed by atoms with Crippen molar-refractivity contribution in [3.05, 3.63) is 34.9 Å². The third kappa shape index (κ3) is 1.55. The Kier molecular flexibility index (Phi) is 2.33. The van der Waals surface area contributed by atoms with Crippen molar-refractivity contribution in [2.24, 2.45) is 7.05 Å². The average molecular weight is 256 g/mol. The van der Waals surface area contributed by atoms with E-state index in [-0.39, 0.29) is 5.82 Å². The summed E-state index contributed by atoms with van der Waals surface area (Å²) < 4.78 is 15.7. The Morgan fingerprint density at radius 2 is 2.29 bits per heavy atom. The molecule has 14 heavy (non-hydrogen) atoms. The second-order valence-electron chi connectivity index (χ2n) is 2.85. The molecule has 0 spiro atoms. The van der Waals surface area contributed by atoms with Crippen LogP contribution in [0.25, 0.3) is 11.3 Å². The molecule has 2 heterocycles. The van der Waals surface area contributed by atoms with Gasteiger partial charge in [-0.3, -0.25) is 9.67 Å². The van der Waals surface area contributed by atoms with E-state index in [0.717, 1.165) is 4.47 Å². The molecule has 0 aliphatic rings. The monoisotopic (exact) mass is 255 g/mol. The van der Waals surface area contributed by atoms with E-state index in [9.17, 15) is 4.39 Å². The smallest absolute Gasteiger partial charge is 0.150 e. The fourth-order valence-corrected chi connectivity index (χ4v) is 1.80. The molecule has 0 radical (unpaired) electrons. The highest BCUT2D eigenvalue weighted by molar-refractivity contribution is 9.10. The molecule has 0 amide bonds. The summed E-state index contributed by atoms with van der Waals surface area (Å²) in [5.41, 5.74) is 1.04. The predicted molar refractivity (Wildman–Crippen MR) is 54.1 cm³/mol. The first-order chi connectivity index (χ1) is 6.68. The van der Waals surface area contributed by atoms with Crippen LogP contribution in [0.3, 0.4) is 0 Å². The van der Waals surface area contributed by atoms with Gasteiger partial charge in [0, 0.05) is 25.0 Å². The van der Waals surface area contributed by atoms with Crippen molar-refractivity contribution >= 4 is 15.9 Å². The molecule has 2 aromatic rings. The molecular formula is C9H7BrFN3. The van der Waals surface area contributed by atoms with Crippen molar-refractivity contribution in [1.29, 1.82) is 0 Å². The zero-order chi connectivity index (χ0) is 10.1. The molecule has 0 fully saturated rings. The maximum Gasteiger partial charge on any atom is 0.150 e. The van der Waals surface area contributed by atoms with Crippen LogP contribution in [0, 0.1) is 5.82 Å². The maximum atomic E-state index is 13.3. The van der Waals surface area contributed by atoms with E-state index < -0.39 is 0 Å². The molecule has 0 saturated carbocycles. The molecule has 0 aliphatic heterocycles. The molecule has 2 rings (SSSR count). The van der Waals surface area contributed by atoms with E-state index >= 15 is 0 Å². The Labute approximate surface area is 88.7 Å². The molecule has 72 valence electrons. The molecule has 0 N–H and O–H groups in total. The number of nitrogens with zero attached hydrogens (tertiary/aromatic N) is 3. The summed E-state index contributed by atoms with van der Waals surface area (Å²) in [4.78, 5) is 3.68. The first-order valence-corrected chi connectivity index (χ1v) is 4.77. The van der Waals surface area contributed by atoms with Crippen LogP contribution in [0.15, 0.2) is 29.1 Å². The van der Waals surface area contributed by atoms with E-state index in [2.05, 4.69) is 26.0 Å². The van der Waals surface area contributed by atoms with Gasteiger partial charge in [-0.15, -0.1) is 0 Å². The summed E-state index contributed by atoms with van der Waals surface area (Å²) in [5.74, 6) is -0.369. The quantitative estimate of drug-likeness (QED) is 0.784. The summed E-state index contributed by atoms with van der Waals surface area (Å²) in [5, 5.41) is 4.14. The van der Waals surface area contributed by atoms with Crippen LogP contribution in [0.5, 0.6) is 0 Å². The Balaban J connectivity index is 2.60. The van der Waals surface area contributed by atoms with E-state index in [1.54, 1.807) is 30.2 Å². The first-order valence-electron chi connectivity index (χ1n) is 3.97. The van der Waals surface area contributed by atoms with Crippen molar-refractivity contribution in [2.75, 3.05) is 0 Å². The number of pyridine rings is 1. The van der Waals surface area contributed by atoms with Gasteiger partial charge in [0.1, 0.15) is 5.69 Å². The molecule has 0 aromatic carbocycles. The fraction of sp³-hybridized carbons (Fsp3) is 0.111. The topological polar surface area (TPSA) is 30.7 Å². The van der Waals surface area contributed by atoms with E-state index in [1.165, 1.54) is 6.20 Å². The van der Waals surface area contributed by atoms with Crippen LogP contribution < -0.4 is 0 Å². The number of halogens is 2. The standard InChI is InChI=1S/C9H7BrFN3/c1-14-5-7(10)9(13-14)6-2-3-12-4-8(6)11/h2-5H,1H3. The molecule has 0 atom stereocenters. The summed E-state index contributed by atoms with van der Waals surface area (Å²) in [6.07, 6.45) is 4.49. The van der Waals surface area contributed by atoms with Crippen molar-refractivity contribution in [3.8, 4) is 11.3 Å². The SMILES string of the molecule is Cn1cc(Br)c(-c2ccncc2F)n1. The van der Waals surface area contributed by atoms with Crippen molar-refractivity contribution in [3.63, 3.8) is 0 Å². The molecular weight excluding hydrogens is 249 g/mol. The first kappa shape index (κ1) is 9.33. The summed E-state index contributed by atoms with van der Waals surface area (Å²) in [7, 11) is 1.79. The minimum atomic E-state index is -0.369. The largest absolute Gasteiger partial charge is 0.274 e. The van der Waals surface area contributed by atoms with Crippen LogP contribution in [0.4, 0.5) is 4.39 Å². The van der Waals surface area contributed by atoms with Crippen LogP contribution in [-0.4, -0.2) is 14.8 Å². The van der Waals surface area contributed by atoms with E-state index in [0.29, 0.717) is 11.3 Å². The van der Waals surface area contributed by atoms with Gasteiger partial charge >= 0.3 is 0 Å². The summed E-state index contributed by atoms with van der Waals surface area (Å²) >= 11 is 3.32. The maximum absolute atomic E-state index is 13.3. The lowest BCUT2D eigenvalue weighted by Gasteiger charge is -1.98. The highest BCUT2D eigenvalue weighted by Gasteiger charge is 2.11. The molecule has 5 heteroatoms. The Bertz CT molecular complexity index is 467. The van der Waals surface area contributed by atoms with Crippen LogP contribution in [-0.2, 0) is 7.05 Å². The van der Waals surface area contributed by atoms with Gasteiger partial charge in [-0.05, 0) is 22.0 Å². The van der Waals surface area contributed by atoms with Gasteiger partial charge in [0.05, 0.1) is 10.7 Å². The summed E-state index contributed by atoms with van der Waals surface area (Å²) in [6.45, 7) is 0. The van der Waals surface area contributed by atoms with Crippen molar-refractivity contribution in [2.45, 2.75) is 0 Å². The number of aromatic nitrogens is 3. The molecule has 3 nitrogen and oxygen atoms in total. The van der Waals surface area contributed by atoms with Gasteiger partial charge in [0.15, 0.2) is 5.82 Å². The number of aryl methyl sites for hydroxylation is 1. The molecule has 0 saturated heterocycles. The van der Waals surface area contributed by atoms with E-state index in [4.69, 9.17) is 0 Å². The average Bonchev–Trinajstić information content (AvgIpc) is 2.46. The highest BCUT2D eigenvalue weighted by Crippen LogP contribution is 2.27. The van der Waals surface area contributed by atoms with Crippen LogP contribution in [0.2, 0.25) is 0 Å². The van der Waals surface area contributed by atoms with Crippen LogP contribution >= 0.6 is 15.9 Å². The minimum absolute atomic E-state index is 0.369. The van der Waals surface area contributed by atoms with Gasteiger partial charge in [0.2, 0.25) is 0 Å². The third-order valence-corrected chi connectivity index (χ3v) is 2.39. The second kappa shape index (κ2) is 3.49. The van der Waals surface area contributed by atoms with Crippen molar-refractivity contribution < 1.29 is 4.39 Å². The van der Waals surface area contributed by atoms with Crippen LogP contribution in [0.1, 0.15) is 0 Å². The lowest BCUT2D eigenvalue weighted by Crippen LogP contribution is -1.90.